The third-order valence-corrected chi connectivity index (χ3v) is 7.91. The van der Waals surface area contributed by atoms with E-state index in [4.69, 9.17) is 22.1 Å². The molecule has 4 heteroatoms. The van der Waals surface area contributed by atoms with Gasteiger partial charge in [0.2, 0.25) is 0 Å². The topological polar surface area (TPSA) is 38.7 Å². The van der Waals surface area contributed by atoms with Crippen LogP contribution in [0.3, 0.4) is 0 Å². The normalized spacial score (nSPS) is 26.8. The minimum absolute atomic E-state index is 0.203. The second kappa shape index (κ2) is 8.88. The van der Waals surface area contributed by atoms with Gasteiger partial charge in [-0.1, -0.05) is 36.8 Å². The van der Waals surface area contributed by atoms with Gasteiger partial charge in [-0.15, -0.1) is 0 Å². The lowest BCUT2D eigenvalue weighted by atomic mass is 9.77. The van der Waals surface area contributed by atoms with Crippen molar-refractivity contribution in [2.24, 2.45) is 0 Å². The summed E-state index contributed by atoms with van der Waals surface area (Å²) in [6.07, 6.45) is 6.61. The second-order valence-corrected chi connectivity index (χ2v) is 10.9. The lowest BCUT2D eigenvalue weighted by Crippen LogP contribution is -2.40. The number of fused-ring (bicyclic) bond motifs is 2. The van der Waals surface area contributed by atoms with E-state index in [9.17, 15) is 5.11 Å². The Kier molecular flexibility index (Phi) is 6.45. The fourth-order valence-corrected chi connectivity index (χ4v) is 5.91. The molecule has 0 bridgehead atoms. The molecule has 2 aromatic rings. The van der Waals surface area contributed by atoms with Gasteiger partial charge < -0.3 is 14.6 Å². The zero-order valence-corrected chi connectivity index (χ0v) is 21.5. The van der Waals surface area contributed by atoms with Crippen molar-refractivity contribution in [3.8, 4) is 5.75 Å². The van der Waals surface area contributed by atoms with E-state index in [1.807, 2.05) is 26.0 Å². The minimum atomic E-state index is -0.975. The first-order valence-corrected chi connectivity index (χ1v) is 12.3. The summed E-state index contributed by atoms with van der Waals surface area (Å²) < 4.78 is 11.9. The van der Waals surface area contributed by atoms with E-state index in [1.165, 1.54) is 21.9 Å². The van der Waals surface area contributed by atoms with Crippen LogP contribution in [-0.2, 0) is 4.74 Å². The molecule has 0 aromatic heterocycles. The molecule has 2 aliphatic rings. The molecule has 0 saturated heterocycles. The molecule has 1 N–H and O–H groups in total. The molecule has 4 unspecified atom stereocenters. The third-order valence-electron chi connectivity index (χ3n) is 7.20. The van der Waals surface area contributed by atoms with Crippen LogP contribution in [0, 0.1) is 0 Å². The van der Waals surface area contributed by atoms with E-state index in [0.717, 1.165) is 41.9 Å². The molecule has 176 valence electrons. The summed E-state index contributed by atoms with van der Waals surface area (Å²) in [6.45, 7) is 10.4. The number of benzene rings is 2. The van der Waals surface area contributed by atoms with Crippen LogP contribution >= 0.6 is 12.6 Å². The third kappa shape index (κ3) is 4.74. The fourth-order valence-electron chi connectivity index (χ4n) is 5.62. The summed E-state index contributed by atoms with van der Waals surface area (Å²) in [5.74, 6) is 1.99. The predicted molar refractivity (Wildman–Crippen MR) is 140 cm³/mol. The number of thiol groups is 1. The molecule has 4 rings (SSSR count). The molecule has 0 radical (unpaired) electrons. The predicted octanol–water partition coefficient (Wildman–Crippen LogP) is 7.12. The molecular weight excluding hydrogens is 428 g/mol. The van der Waals surface area contributed by atoms with E-state index in [2.05, 4.69) is 57.2 Å². The Hall–Kier alpha value is -2.17. The minimum Gasteiger partial charge on any atom is -0.497 e. The molecule has 0 spiro atoms. The van der Waals surface area contributed by atoms with Crippen LogP contribution < -0.4 is 4.74 Å². The number of hydrogen-bond acceptors (Lipinski definition) is 4. The summed E-state index contributed by atoms with van der Waals surface area (Å²) in [4.78, 5) is 0. The van der Waals surface area contributed by atoms with Gasteiger partial charge in [-0.25, -0.2) is 0 Å². The molecule has 1 aliphatic heterocycles. The van der Waals surface area contributed by atoms with Crippen molar-refractivity contribution in [3.63, 3.8) is 0 Å². The van der Waals surface area contributed by atoms with Crippen molar-refractivity contribution < 1.29 is 14.6 Å². The zero-order valence-electron chi connectivity index (χ0n) is 20.6. The highest BCUT2D eigenvalue weighted by atomic mass is 32.1. The molecule has 3 nitrogen and oxygen atoms in total. The molecule has 0 amide bonds. The van der Waals surface area contributed by atoms with Crippen molar-refractivity contribution in [2.45, 2.75) is 76.3 Å². The van der Waals surface area contributed by atoms with Gasteiger partial charge in [0.25, 0.3) is 0 Å². The van der Waals surface area contributed by atoms with E-state index in [1.54, 1.807) is 7.11 Å². The average Bonchev–Trinajstić information content (AvgIpc) is 2.74. The summed E-state index contributed by atoms with van der Waals surface area (Å²) in [5, 5.41) is 13.6. The highest BCUT2D eigenvalue weighted by Crippen LogP contribution is 2.45. The van der Waals surface area contributed by atoms with E-state index in [-0.39, 0.29) is 10.9 Å². The van der Waals surface area contributed by atoms with Crippen molar-refractivity contribution in [2.75, 3.05) is 7.11 Å². The van der Waals surface area contributed by atoms with Gasteiger partial charge in [-0.05, 0) is 92.6 Å². The highest BCUT2D eigenvalue weighted by molar-refractivity contribution is 7.81. The monoisotopic (exact) mass is 464 g/mol. The number of rotatable bonds is 6. The van der Waals surface area contributed by atoms with Crippen LogP contribution in [0.4, 0.5) is 0 Å². The van der Waals surface area contributed by atoms with Crippen LogP contribution in [0.15, 0.2) is 71.0 Å². The van der Waals surface area contributed by atoms with Gasteiger partial charge in [-0.2, -0.15) is 12.6 Å². The molecule has 1 aliphatic carbocycles. The average molecular weight is 465 g/mol. The first kappa shape index (κ1) is 24.0. The van der Waals surface area contributed by atoms with Crippen molar-refractivity contribution >= 4 is 23.4 Å². The summed E-state index contributed by atoms with van der Waals surface area (Å²) in [6, 6.07) is 12.7. The van der Waals surface area contributed by atoms with Crippen LogP contribution in [0.1, 0.15) is 65.4 Å². The van der Waals surface area contributed by atoms with E-state index >= 15 is 0 Å². The number of ether oxygens (including phenoxy) is 2. The first-order chi connectivity index (χ1) is 15.5. The largest absolute Gasteiger partial charge is 0.497 e. The van der Waals surface area contributed by atoms with E-state index < -0.39 is 5.60 Å². The molecular formula is C29H36O3S. The lowest BCUT2D eigenvalue weighted by Gasteiger charge is -2.43. The number of aliphatic hydroxyl groups is 1. The maximum atomic E-state index is 10.9. The molecule has 2 aromatic carbocycles. The Labute approximate surface area is 203 Å². The van der Waals surface area contributed by atoms with Crippen LogP contribution in [0.5, 0.6) is 5.75 Å². The van der Waals surface area contributed by atoms with Gasteiger partial charge in [-0.3, -0.25) is 0 Å². The molecule has 33 heavy (non-hydrogen) atoms. The lowest BCUT2D eigenvalue weighted by molar-refractivity contribution is -0.00725. The van der Waals surface area contributed by atoms with Crippen LogP contribution in [0.25, 0.3) is 10.8 Å². The maximum absolute atomic E-state index is 10.9. The van der Waals surface area contributed by atoms with Gasteiger partial charge in [0.15, 0.2) is 0 Å². The Morgan fingerprint density at radius 2 is 1.94 bits per heavy atom. The second-order valence-electron chi connectivity index (χ2n) is 10.3. The van der Waals surface area contributed by atoms with Gasteiger partial charge >= 0.3 is 0 Å². The quantitative estimate of drug-likeness (QED) is 0.447. The number of hydrogen-bond donors (Lipinski definition) is 2. The number of methoxy groups -OCH3 is 1. The van der Waals surface area contributed by atoms with Gasteiger partial charge in [0.05, 0.1) is 7.11 Å². The van der Waals surface area contributed by atoms with Crippen molar-refractivity contribution in [1.82, 2.24) is 0 Å². The Bertz CT molecular complexity index is 1160. The Morgan fingerprint density at radius 3 is 2.67 bits per heavy atom. The van der Waals surface area contributed by atoms with Crippen molar-refractivity contribution in [3.05, 3.63) is 76.6 Å². The van der Waals surface area contributed by atoms with Crippen molar-refractivity contribution in [1.29, 1.82) is 0 Å². The Morgan fingerprint density at radius 1 is 1.18 bits per heavy atom. The number of allylic oxidation sites excluding steroid dienone is 2. The first-order valence-electron chi connectivity index (χ1n) is 11.8. The summed E-state index contributed by atoms with van der Waals surface area (Å²) in [7, 11) is 1.70. The van der Waals surface area contributed by atoms with Gasteiger partial charge in [0.1, 0.15) is 22.7 Å². The molecule has 0 fully saturated rings. The maximum Gasteiger partial charge on any atom is 0.126 e. The molecule has 1 heterocycles. The fraction of sp³-hybridized carbons (Fsp3) is 0.448. The smallest absolute Gasteiger partial charge is 0.126 e. The van der Waals surface area contributed by atoms with E-state index in [0.29, 0.717) is 5.92 Å². The highest BCUT2D eigenvalue weighted by Gasteiger charge is 2.41. The standard InChI is InChI=1S/C29H36O3S/c1-18-14-25-27(29(5,30)16-18)19(2)17-28(4,32-25)13-12-26(33)20(3)23-9-7-8-21-15-22(31-6)10-11-24(21)23/h7-11,14-16,20,26,30,33H,12-13,17H2,1-6H3. The SMILES string of the molecule is COc1ccc2c(C(C)C(S)CCC3(C)CC(C)=C4C(=CC(C)=CC4(C)O)O3)cccc2c1. The van der Waals surface area contributed by atoms with Crippen LogP contribution in [0.2, 0.25) is 0 Å². The Balaban J connectivity index is 1.51. The summed E-state index contributed by atoms with van der Waals surface area (Å²) >= 11 is 5.04. The summed E-state index contributed by atoms with van der Waals surface area (Å²) in [5.41, 5.74) is 3.19. The molecule has 4 atom stereocenters. The molecule has 0 saturated carbocycles. The van der Waals surface area contributed by atoms with Gasteiger partial charge in [0, 0.05) is 17.2 Å². The zero-order chi connectivity index (χ0) is 24.0. The van der Waals surface area contributed by atoms with Crippen LogP contribution in [-0.4, -0.2) is 28.7 Å².